The maximum Gasteiger partial charge on any atom is 0.310 e. The zero-order valence-electron chi connectivity index (χ0n) is 15.8. The molecule has 27 heavy (non-hydrogen) atoms. The van der Waals surface area contributed by atoms with Crippen molar-refractivity contribution in [2.24, 2.45) is 0 Å². The Morgan fingerprint density at radius 3 is 2.44 bits per heavy atom. The molecule has 0 saturated heterocycles. The molecule has 0 aliphatic rings. The third-order valence-corrected chi connectivity index (χ3v) is 4.32. The summed E-state index contributed by atoms with van der Waals surface area (Å²) in [4.78, 5) is 12.0. The van der Waals surface area contributed by atoms with E-state index in [4.69, 9.17) is 14.0 Å². The summed E-state index contributed by atoms with van der Waals surface area (Å²) < 4.78 is 16.3. The summed E-state index contributed by atoms with van der Waals surface area (Å²) in [5.41, 5.74) is 4.82. The standard InChI is InChI=1S/C22H23NO4/c1-15-5-4-6-19(11-15)13-26-22(24)12-18-7-9-20(10-8-18)25-14-21-16(2)23-27-17(21)3/h4-11H,12-14H2,1-3H3. The summed E-state index contributed by atoms with van der Waals surface area (Å²) >= 11 is 0. The maximum atomic E-state index is 12.0. The lowest BCUT2D eigenvalue weighted by Gasteiger charge is -2.08. The number of ether oxygens (including phenoxy) is 2. The molecule has 3 aromatic rings. The van der Waals surface area contributed by atoms with Gasteiger partial charge in [0.1, 0.15) is 24.7 Å². The van der Waals surface area contributed by atoms with Crippen LogP contribution in [0.1, 0.15) is 33.7 Å². The van der Waals surface area contributed by atoms with Crippen LogP contribution in [0.3, 0.4) is 0 Å². The number of hydrogen-bond donors (Lipinski definition) is 0. The minimum absolute atomic E-state index is 0.232. The zero-order chi connectivity index (χ0) is 19.2. The Morgan fingerprint density at radius 2 is 1.78 bits per heavy atom. The Labute approximate surface area is 158 Å². The van der Waals surface area contributed by atoms with Crippen LogP contribution in [-0.2, 0) is 29.2 Å². The van der Waals surface area contributed by atoms with Crippen LogP contribution < -0.4 is 4.74 Å². The van der Waals surface area contributed by atoms with Gasteiger partial charge in [-0.25, -0.2) is 0 Å². The number of hydrogen-bond acceptors (Lipinski definition) is 5. The van der Waals surface area contributed by atoms with Crippen LogP contribution in [0.25, 0.3) is 0 Å². The normalized spacial score (nSPS) is 10.6. The Bertz CT molecular complexity index is 893. The first-order valence-electron chi connectivity index (χ1n) is 8.86. The highest BCUT2D eigenvalue weighted by Crippen LogP contribution is 2.18. The molecule has 0 N–H and O–H groups in total. The highest BCUT2D eigenvalue weighted by molar-refractivity contribution is 5.72. The van der Waals surface area contributed by atoms with Gasteiger partial charge < -0.3 is 14.0 Å². The van der Waals surface area contributed by atoms with E-state index < -0.39 is 0 Å². The molecule has 0 amide bonds. The van der Waals surface area contributed by atoms with Crippen molar-refractivity contribution < 1.29 is 18.8 Å². The Morgan fingerprint density at radius 1 is 1.00 bits per heavy atom. The van der Waals surface area contributed by atoms with Gasteiger partial charge in [-0.3, -0.25) is 4.79 Å². The third kappa shape index (κ3) is 5.20. The first kappa shape index (κ1) is 18.7. The Kier molecular flexibility index (Phi) is 5.91. The third-order valence-electron chi connectivity index (χ3n) is 4.32. The number of esters is 1. The van der Waals surface area contributed by atoms with E-state index in [1.54, 1.807) is 0 Å². The number of aryl methyl sites for hydroxylation is 3. The summed E-state index contributed by atoms with van der Waals surface area (Å²) in [6.07, 6.45) is 0.232. The van der Waals surface area contributed by atoms with Crippen molar-refractivity contribution >= 4 is 5.97 Å². The molecule has 0 aliphatic carbocycles. The van der Waals surface area contributed by atoms with E-state index in [1.165, 1.54) is 0 Å². The molecule has 5 heteroatoms. The molecule has 0 saturated carbocycles. The average Bonchev–Trinajstić information content (AvgIpc) is 2.97. The van der Waals surface area contributed by atoms with Crippen molar-refractivity contribution in [2.45, 2.75) is 40.4 Å². The Balaban J connectivity index is 1.49. The second-order valence-corrected chi connectivity index (χ2v) is 6.56. The fraction of sp³-hybridized carbons (Fsp3) is 0.273. The lowest BCUT2D eigenvalue weighted by molar-refractivity contribution is -0.144. The van der Waals surface area contributed by atoms with E-state index in [2.05, 4.69) is 5.16 Å². The lowest BCUT2D eigenvalue weighted by atomic mass is 10.1. The fourth-order valence-corrected chi connectivity index (χ4v) is 2.75. The van der Waals surface area contributed by atoms with Gasteiger partial charge in [-0.2, -0.15) is 0 Å². The van der Waals surface area contributed by atoms with Crippen molar-refractivity contribution in [1.82, 2.24) is 5.16 Å². The molecule has 0 radical (unpaired) electrons. The minimum atomic E-state index is -0.249. The van der Waals surface area contributed by atoms with Crippen LogP contribution in [0.4, 0.5) is 0 Å². The van der Waals surface area contributed by atoms with Gasteiger partial charge >= 0.3 is 5.97 Å². The minimum Gasteiger partial charge on any atom is -0.489 e. The van der Waals surface area contributed by atoms with Crippen LogP contribution >= 0.6 is 0 Å². The van der Waals surface area contributed by atoms with E-state index >= 15 is 0 Å². The summed E-state index contributed by atoms with van der Waals surface area (Å²) in [5.74, 6) is 1.24. The predicted molar refractivity (Wildman–Crippen MR) is 101 cm³/mol. The van der Waals surface area contributed by atoms with E-state index in [0.29, 0.717) is 13.2 Å². The molecule has 0 unspecified atom stereocenters. The first-order chi connectivity index (χ1) is 13.0. The molecule has 3 rings (SSSR count). The zero-order valence-corrected chi connectivity index (χ0v) is 15.8. The second-order valence-electron chi connectivity index (χ2n) is 6.56. The molecule has 0 fully saturated rings. The van der Waals surface area contributed by atoms with Gasteiger partial charge in [0.25, 0.3) is 0 Å². The summed E-state index contributed by atoms with van der Waals surface area (Å²) in [6, 6.07) is 15.4. The monoisotopic (exact) mass is 365 g/mol. The van der Waals surface area contributed by atoms with Crippen LogP contribution in [0.2, 0.25) is 0 Å². The van der Waals surface area contributed by atoms with Gasteiger partial charge in [-0.15, -0.1) is 0 Å². The molecule has 0 bridgehead atoms. The number of carbonyl (C=O) groups excluding carboxylic acids is 1. The van der Waals surface area contributed by atoms with E-state index in [-0.39, 0.29) is 12.4 Å². The van der Waals surface area contributed by atoms with E-state index in [1.807, 2.05) is 69.3 Å². The quantitative estimate of drug-likeness (QED) is 0.578. The van der Waals surface area contributed by atoms with Gasteiger partial charge in [0, 0.05) is 0 Å². The SMILES string of the molecule is Cc1cccc(COC(=O)Cc2ccc(OCc3c(C)noc3C)cc2)c1. The molecule has 0 spiro atoms. The molecular formula is C22H23NO4. The van der Waals surface area contributed by atoms with Crippen molar-refractivity contribution in [1.29, 1.82) is 0 Å². The Hall–Kier alpha value is -3.08. The molecule has 1 aromatic heterocycles. The first-order valence-corrected chi connectivity index (χ1v) is 8.86. The van der Waals surface area contributed by atoms with E-state index in [0.717, 1.165) is 39.5 Å². The molecular weight excluding hydrogens is 342 g/mol. The summed E-state index contributed by atoms with van der Waals surface area (Å²) in [7, 11) is 0. The van der Waals surface area contributed by atoms with Gasteiger partial charge in [-0.05, 0) is 44.0 Å². The van der Waals surface area contributed by atoms with Gasteiger partial charge in [0.2, 0.25) is 0 Å². The van der Waals surface area contributed by atoms with Gasteiger partial charge in [0.15, 0.2) is 0 Å². The average molecular weight is 365 g/mol. The van der Waals surface area contributed by atoms with Gasteiger partial charge in [0.05, 0.1) is 17.7 Å². The molecule has 0 aliphatic heterocycles. The fourth-order valence-electron chi connectivity index (χ4n) is 2.75. The molecule has 1 heterocycles. The van der Waals surface area contributed by atoms with E-state index in [9.17, 15) is 4.79 Å². The van der Waals surface area contributed by atoms with Crippen LogP contribution in [0.15, 0.2) is 53.1 Å². The van der Waals surface area contributed by atoms with Gasteiger partial charge in [-0.1, -0.05) is 47.1 Å². The highest BCUT2D eigenvalue weighted by Gasteiger charge is 2.10. The molecule has 2 aromatic carbocycles. The van der Waals surface area contributed by atoms with Crippen molar-refractivity contribution in [3.63, 3.8) is 0 Å². The number of aromatic nitrogens is 1. The van der Waals surface area contributed by atoms with Crippen molar-refractivity contribution in [3.05, 3.63) is 82.2 Å². The van der Waals surface area contributed by atoms with Crippen molar-refractivity contribution in [2.75, 3.05) is 0 Å². The number of nitrogens with zero attached hydrogens (tertiary/aromatic N) is 1. The van der Waals surface area contributed by atoms with Crippen LogP contribution in [0, 0.1) is 20.8 Å². The summed E-state index contributed by atoms with van der Waals surface area (Å²) in [6.45, 7) is 6.46. The van der Waals surface area contributed by atoms with Crippen LogP contribution in [-0.4, -0.2) is 11.1 Å². The summed E-state index contributed by atoms with van der Waals surface area (Å²) in [5, 5.41) is 3.91. The maximum absolute atomic E-state index is 12.0. The lowest BCUT2D eigenvalue weighted by Crippen LogP contribution is -2.08. The van der Waals surface area contributed by atoms with Crippen molar-refractivity contribution in [3.8, 4) is 5.75 Å². The molecule has 0 atom stereocenters. The number of carbonyl (C=O) groups is 1. The second kappa shape index (κ2) is 8.54. The predicted octanol–water partition coefficient (Wildman–Crippen LogP) is 4.46. The molecule has 140 valence electrons. The number of rotatable bonds is 7. The largest absolute Gasteiger partial charge is 0.489 e. The number of benzene rings is 2. The highest BCUT2D eigenvalue weighted by atomic mass is 16.5. The van der Waals surface area contributed by atoms with Crippen LogP contribution in [0.5, 0.6) is 5.75 Å². The topological polar surface area (TPSA) is 61.6 Å². The molecule has 5 nitrogen and oxygen atoms in total. The smallest absolute Gasteiger partial charge is 0.310 e.